The molecule has 0 aliphatic rings. The fourth-order valence-electron chi connectivity index (χ4n) is 5.29. The second-order valence-electron chi connectivity index (χ2n) is 11.1. The van der Waals surface area contributed by atoms with Gasteiger partial charge in [0, 0.05) is 51.6 Å². The number of carboxylic acids is 1. The van der Waals surface area contributed by atoms with Crippen molar-refractivity contribution in [2.24, 2.45) is 0 Å². The maximum Gasteiger partial charge on any atom is 0.355 e. The first kappa shape index (κ1) is 33.7. The Morgan fingerprint density at radius 3 is 2.38 bits per heavy atom. The molecule has 0 saturated carbocycles. The van der Waals surface area contributed by atoms with Crippen LogP contribution in [0.5, 0.6) is 0 Å². The van der Waals surface area contributed by atoms with Crippen LogP contribution < -0.4 is 5.32 Å². The number of unbranched alkanes of at least 4 members (excludes halogenated alkanes) is 3. The number of carboxylic acid groups (broad SMARTS) is 1. The summed E-state index contributed by atoms with van der Waals surface area (Å²) < 4.78 is 21.6. The first-order valence-corrected chi connectivity index (χ1v) is 16.0. The third-order valence-electron chi connectivity index (χ3n) is 7.62. The molecule has 3 aromatic carbocycles. The van der Waals surface area contributed by atoms with Gasteiger partial charge in [-0.1, -0.05) is 47.8 Å². The average molecular weight is 680 g/mol. The number of carbonyl (C=O) groups is 3. The minimum Gasteiger partial charge on any atom is -0.481 e. The first-order valence-electron chi connectivity index (χ1n) is 15.2. The third kappa shape index (κ3) is 8.78. The van der Waals surface area contributed by atoms with Crippen LogP contribution in [0.4, 0.5) is 4.39 Å². The zero-order chi connectivity index (χ0) is 33.3. The normalized spacial score (nSPS) is 11.1. The van der Waals surface area contributed by atoms with Gasteiger partial charge in [0.15, 0.2) is 0 Å². The lowest BCUT2D eigenvalue weighted by Crippen LogP contribution is -2.24. The Morgan fingerprint density at radius 1 is 0.915 bits per heavy atom. The molecule has 2 heterocycles. The molecule has 5 rings (SSSR count). The lowest BCUT2D eigenvalue weighted by molar-refractivity contribution is -0.138. The number of H-pyrrole nitrogens is 1. The second-order valence-corrected chi connectivity index (χ2v) is 11.9. The molecule has 9 nitrogen and oxygen atoms in total. The monoisotopic (exact) mass is 678 g/mol. The third-order valence-corrected chi connectivity index (χ3v) is 8.10. The summed E-state index contributed by atoms with van der Waals surface area (Å²) in [4.78, 5) is 43.9. The Bertz CT molecular complexity index is 1870. The fourth-order valence-corrected chi connectivity index (χ4v) is 5.59. The van der Waals surface area contributed by atoms with Crippen molar-refractivity contribution in [2.45, 2.75) is 45.1 Å². The van der Waals surface area contributed by atoms with E-state index in [1.54, 1.807) is 30.6 Å². The van der Waals surface area contributed by atoms with Crippen LogP contribution in [-0.4, -0.2) is 50.6 Å². The number of nitrogens with zero attached hydrogens (tertiary/aromatic N) is 2. The number of fused-ring (bicyclic) bond motifs is 1. The molecule has 12 heteroatoms. The number of imidazole rings is 1. The van der Waals surface area contributed by atoms with Crippen LogP contribution in [-0.2, 0) is 20.9 Å². The number of carbonyl (C=O) groups excluding carboxylic acids is 2. The summed E-state index contributed by atoms with van der Waals surface area (Å²) in [6.45, 7) is 1.07. The number of benzene rings is 3. The van der Waals surface area contributed by atoms with Gasteiger partial charge in [-0.05, 0) is 73.4 Å². The van der Waals surface area contributed by atoms with E-state index in [2.05, 4.69) is 10.3 Å². The Hall–Kier alpha value is -4.67. The van der Waals surface area contributed by atoms with Crippen LogP contribution in [0.15, 0.2) is 73.1 Å². The molecular formula is C35H33Cl2FN4O5. The lowest BCUT2D eigenvalue weighted by atomic mass is 10.0. The fraction of sp³-hybridized carbons (Fsp3) is 0.257. The zero-order valence-corrected chi connectivity index (χ0v) is 26.9. The molecule has 47 heavy (non-hydrogen) atoms. The van der Waals surface area contributed by atoms with Crippen LogP contribution in [0.25, 0.3) is 33.4 Å². The highest BCUT2D eigenvalue weighted by molar-refractivity contribution is 6.31. The molecule has 244 valence electrons. The van der Waals surface area contributed by atoms with Crippen molar-refractivity contribution < 1.29 is 28.6 Å². The first-order chi connectivity index (χ1) is 22.7. The number of aliphatic carboxylic acids is 1. The smallest absolute Gasteiger partial charge is 0.355 e. The van der Waals surface area contributed by atoms with Crippen molar-refractivity contribution in [3.05, 3.63) is 100 Å². The highest BCUT2D eigenvalue weighted by atomic mass is 35.5. The Balaban J connectivity index is 1.36. The van der Waals surface area contributed by atoms with E-state index in [4.69, 9.17) is 38.0 Å². The zero-order valence-electron chi connectivity index (χ0n) is 25.4. The number of hydrogen-bond donors (Lipinski definition) is 3. The minimum absolute atomic E-state index is 0.0411. The van der Waals surface area contributed by atoms with E-state index in [0.717, 1.165) is 30.2 Å². The van der Waals surface area contributed by atoms with Gasteiger partial charge >= 0.3 is 11.9 Å². The number of esters is 1. The summed E-state index contributed by atoms with van der Waals surface area (Å²) in [6.07, 6.45) is 4.38. The van der Waals surface area contributed by atoms with Crippen LogP contribution >= 0.6 is 23.2 Å². The topological polar surface area (TPSA) is 126 Å². The predicted molar refractivity (Wildman–Crippen MR) is 179 cm³/mol. The van der Waals surface area contributed by atoms with E-state index in [1.165, 1.54) is 12.1 Å². The van der Waals surface area contributed by atoms with Crippen molar-refractivity contribution in [3.8, 4) is 22.5 Å². The molecule has 5 aromatic rings. The SMILES string of the molecule is O=C(O)CCC(=O)NCCCCCCOC(=O)c1[nH]c2cc(Cl)ccc2c1-c1c(-c2ccc(F)cc2)ncn1Cc1ccc(Cl)cc1. The number of amides is 1. The number of aromatic nitrogens is 3. The summed E-state index contributed by atoms with van der Waals surface area (Å²) in [5.41, 5.74) is 4.34. The number of aromatic amines is 1. The molecule has 2 aromatic heterocycles. The number of nitrogens with one attached hydrogen (secondary N) is 2. The summed E-state index contributed by atoms with van der Waals surface area (Å²) in [7, 11) is 0. The Morgan fingerprint density at radius 2 is 1.64 bits per heavy atom. The van der Waals surface area contributed by atoms with Gasteiger partial charge in [0.25, 0.3) is 0 Å². The highest BCUT2D eigenvalue weighted by Crippen LogP contribution is 2.40. The molecule has 0 bridgehead atoms. The van der Waals surface area contributed by atoms with Gasteiger partial charge in [-0.2, -0.15) is 0 Å². The Labute approximate surface area is 280 Å². The van der Waals surface area contributed by atoms with E-state index in [0.29, 0.717) is 57.6 Å². The molecular weight excluding hydrogens is 646 g/mol. The van der Waals surface area contributed by atoms with Gasteiger partial charge in [0.2, 0.25) is 5.91 Å². The van der Waals surface area contributed by atoms with E-state index < -0.39 is 11.9 Å². The van der Waals surface area contributed by atoms with Gasteiger partial charge in [-0.3, -0.25) is 9.59 Å². The summed E-state index contributed by atoms with van der Waals surface area (Å²) in [6, 6.07) is 18.8. The van der Waals surface area contributed by atoms with Crippen LogP contribution in [0, 0.1) is 5.82 Å². The second kappa shape index (κ2) is 15.8. The van der Waals surface area contributed by atoms with E-state index in [9.17, 15) is 18.8 Å². The quantitative estimate of drug-likeness (QED) is 0.0763. The maximum absolute atomic E-state index is 13.9. The van der Waals surface area contributed by atoms with Crippen LogP contribution in [0.2, 0.25) is 10.0 Å². The van der Waals surface area contributed by atoms with Crippen molar-refractivity contribution in [1.82, 2.24) is 19.9 Å². The van der Waals surface area contributed by atoms with Crippen molar-refractivity contribution in [2.75, 3.05) is 13.2 Å². The number of hydrogen-bond acceptors (Lipinski definition) is 5. The van der Waals surface area contributed by atoms with Crippen molar-refractivity contribution in [3.63, 3.8) is 0 Å². The van der Waals surface area contributed by atoms with Crippen LogP contribution in [0.3, 0.4) is 0 Å². The molecule has 0 aliphatic heterocycles. The highest BCUT2D eigenvalue weighted by Gasteiger charge is 2.27. The van der Waals surface area contributed by atoms with Gasteiger partial charge in [-0.15, -0.1) is 0 Å². The maximum atomic E-state index is 13.9. The number of ether oxygens (including phenoxy) is 1. The van der Waals surface area contributed by atoms with Crippen molar-refractivity contribution in [1.29, 1.82) is 0 Å². The summed E-state index contributed by atoms with van der Waals surface area (Å²) in [5.74, 6) is -2.20. The molecule has 1 amide bonds. The molecule has 0 aliphatic carbocycles. The minimum atomic E-state index is -1.00. The van der Waals surface area contributed by atoms with Gasteiger partial charge in [0.05, 0.1) is 30.7 Å². The average Bonchev–Trinajstić information content (AvgIpc) is 3.63. The number of rotatable bonds is 15. The Kier molecular flexibility index (Phi) is 11.3. The van der Waals surface area contributed by atoms with Crippen molar-refractivity contribution >= 4 is 52.0 Å². The largest absolute Gasteiger partial charge is 0.481 e. The van der Waals surface area contributed by atoms with Gasteiger partial charge in [-0.25, -0.2) is 14.2 Å². The van der Waals surface area contributed by atoms with E-state index >= 15 is 0 Å². The molecule has 0 saturated heterocycles. The van der Waals surface area contributed by atoms with Gasteiger partial charge in [0.1, 0.15) is 11.5 Å². The van der Waals surface area contributed by atoms with E-state index in [1.807, 2.05) is 34.9 Å². The lowest BCUT2D eigenvalue weighted by Gasteiger charge is -2.13. The predicted octanol–water partition coefficient (Wildman–Crippen LogP) is 7.89. The summed E-state index contributed by atoms with van der Waals surface area (Å²) >= 11 is 12.5. The molecule has 3 N–H and O–H groups in total. The van der Waals surface area contributed by atoms with Crippen LogP contribution in [0.1, 0.15) is 54.6 Å². The van der Waals surface area contributed by atoms with Gasteiger partial charge < -0.3 is 24.7 Å². The standard InChI is InChI=1S/C35H33Cl2FN4O5/c36-24-9-5-22(6-10-24)20-42-21-40-32(23-7-12-26(38)13-8-23)34(42)31-27-14-11-25(37)19-28(27)41-33(31)35(46)47-18-4-2-1-3-17-39-29(43)15-16-30(44)45/h5-14,19,21,41H,1-4,15-18,20H2,(H,39,43)(H,44,45). The molecule has 0 fully saturated rings. The van der Waals surface area contributed by atoms with E-state index in [-0.39, 0.29) is 36.9 Å². The molecule has 0 spiro atoms. The number of halogens is 3. The molecule has 0 atom stereocenters. The molecule has 0 unspecified atom stereocenters. The summed E-state index contributed by atoms with van der Waals surface area (Å²) in [5, 5.41) is 13.2. The molecule has 0 radical (unpaired) electrons.